The molecule has 0 aliphatic heterocycles. The summed E-state index contributed by atoms with van der Waals surface area (Å²) in [6.07, 6.45) is 0.0930. The van der Waals surface area contributed by atoms with E-state index in [1.54, 1.807) is 12.1 Å². The third kappa shape index (κ3) is 5.12. The Morgan fingerprint density at radius 2 is 1.84 bits per heavy atom. The van der Waals surface area contributed by atoms with Crippen molar-refractivity contribution < 1.29 is 14.5 Å². The minimum Gasteiger partial charge on any atom is -0.352 e. The van der Waals surface area contributed by atoms with Crippen LogP contribution < -0.4 is 10.6 Å². The molecule has 8 heteroatoms. The number of amides is 2. The molecule has 0 fully saturated rings. The fourth-order valence-corrected chi connectivity index (χ4v) is 2.47. The molecule has 0 aromatic heterocycles. The van der Waals surface area contributed by atoms with E-state index in [0.717, 1.165) is 4.47 Å². The number of nitrogens with one attached hydrogen (secondary N) is 2. The van der Waals surface area contributed by atoms with Crippen LogP contribution >= 0.6 is 15.9 Å². The van der Waals surface area contributed by atoms with Gasteiger partial charge < -0.3 is 10.6 Å². The molecule has 0 aliphatic rings. The zero-order valence-electron chi connectivity index (χ0n) is 13.4. The van der Waals surface area contributed by atoms with Crippen LogP contribution in [0, 0.1) is 17.0 Å². The minimum absolute atomic E-state index is 0.0930. The molecule has 0 bridgehead atoms. The second kappa shape index (κ2) is 8.39. The van der Waals surface area contributed by atoms with Gasteiger partial charge in [-0.25, -0.2) is 0 Å². The molecule has 0 spiro atoms. The Morgan fingerprint density at radius 3 is 2.48 bits per heavy atom. The summed E-state index contributed by atoms with van der Waals surface area (Å²) in [5.41, 5.74) is 1.07. The van der Waals surface area contributed by atoms with Crippen molar-refractivity contribution in [2.24, 2.45) is 0 Å². The average Bonchev–Trinajstić information content (AvgIpc) is 2.56. The van der Waals surface area contributed by atoms with E-state index in [2.05, 4.69) is 26.6 Å². The normalized spacial score (nSPS) is 10.2. The Bertz CT molecular complexity index is 806. The molecule has 0 heterocycles. The molecule has 0 saturated carbocycles. The maximum atomic E-state index is 12.1. The predicted molar refractivity (Wildman–Crippen MR) is 97.6 cm³/mol. The van der Waals surface area contributed by atoms with Crippen molar-refractivity contribution in [1.82, 2.24) is 5.32 Å². The zero-order valence-corrected chi connectivity index (χ0v) is 15.0. The lowest BCUT2D eigenvalue weighted by molar-refractivity contribution is -0.385. The van der Waals surface area contributed by atoms with Crippen LogP contribution in [0.25, 0.3) is 0 Å². The lowest BCUT2D eigenvalue weighted by atomic mass is 10.1. The summed E-state index contributed by atoms with van der Waals surface area (Å²) < 4.78 is 0.907. The van der Waals surface area contributed by atoms with Crippen molar-refractivity contribution in [3.05, 3.63) is 68.2 Å². The van der Waals surface area contributed by atoms with Crippen LogP contribution in [0.1, 0.15) is 22.3 Å². The first kappa shape index (κ1) is 18.6. The van der Waals surface area contributed by atoms with Crippen LogP contribution in [0.5, 0.6) is 0 Å². The smallest absolute Gasteiger partial charge is 0.273 e. The van der Waals surface area contributed by atoms with Gasteiger partial charge in [-0.3, -0.25) is 19.7 Å². The third-order valence-corrected chi connectivity index (χ3v) is 4.04. The Labute approximate surface area is 152 Å². The van der Waals surface area contributed by atoms with Gasteiger partial charge in [-0.05, 0) is 37.3 Å². The number of nitro benzene ring substituents is 1. The van der Waals surface area contributed by atoms with Gasteiger partial charge >= 0.3 is 0 Å². The SMILES string of the molecule is Cc1c(C(=O)NCCC(=O)Nc2ccc(Br)cc2)cccc1[N+](=O)[O-]. The summed E-state index contributed by atoms with van der Waals surface area (Å²) in [5, 5.41) is 16.2. The molecular formula is C17H16BrN3O4. The second-order valence-corrected chi connectivity index (χ2v) is 6.18. The molecule has 25 heavy (non-hydrogen) atoms. The van der Waals surface area contributed by atoms with Crippen LogP contribution in [0.3, 0.4) is 0 Å². The van der Waals surface area contributed by atoms with Crippen LogP contribution in [0.15, 0.2) is 46.9 Å². The summed E-state index contributed by atoms with van der Waals surface area (Å²) in [6, 6.07) is 11.4. The maximum Gasteiger partial charge on any atom is 0.273 e. The fraction of sp³-hybridized carbons (Fsp3) is 0.176. The lowest BCUT2D eigenvalue weighted by Gasteiger charge is -2.08. The van der Waals surface area contributed by atoms with Gasteiger partial charge in [-0.15, -0.1) is 0 Å². The van der Waals surface area contributed by atoms with E-state index in [-0.39, 0.29) is 30.1 Å². The van der Waals surface area contributed by atoms with Gasteiger partial charge in [-0.1, -0.05) is 22.0 Å². The Balaban J connectivity index is 1.88. The molecule has 0 saturated heterocycles. The number of nitrogens with zero attached hydrogens (tertiary/aromatic N) is 1. The molecule has 130 valence electrons. The van der Waals surface area contributed by atoms with Gasteiger partial charge in [0.2, 0.25) is 5.91 Å². The second-order valence-electron chi connectivity index (χ2n) is 5.27. The number of anilines is 1. The molecule has 2 amide bonds. The molecule has 2 aromatic rings. The zero-order chi connectivity index (χ0) is 18.4. The van der Waals surface area contributed by atoms with Crippen LogP contribution in [-0.4, -0.2) is 23.3 Å². The average molecular weight is 406 g/mol. The standard InChI is InChI=1S/C17H16BrN3O4/c1-11-14(3-2-4-15(11)21(24)25)17(23)19-10-9-16(22)20-13-7-5-12(18)6-8-13/h2-8H,9-10H2,1H3,(H,19,23)(H,20,22). The molecular weight excluding hydrogens is 390 g/mol. The van der Waals surface area contributed by atoms with E-state index < -0.39 is 10.8 Å². The van der Waals surface area contributed by atoms with Gasteiger partial charge in [0.25, 0.3) is 11.6 Å². The topological polar surface area (TPSA) is 101 Å². The number of carbonyl (C=O) groups excluding carboxylic acids is 2. The predicted octanol–water partition coefficient (Wildman–Crippen LogP) is 3.42. The van der Waals surface area contributed by atoms with E-state index in [4.69, 9.17) is 0 Å². The van der Waals surface area contributed by atoms with Crippen molar-refractivity contribution in [2.45, 2.75) is 13.3 Å². The molecule has 2 aromatic carbocycles. The molecule has 7 nitrogen and oxygen atoms in total. The fourth-order valence-electron chi connectivity index (χ4n) is 2.21. The Morgan fingerprint density at radius 1 is 1.16 bits per heavy atom. The van der Waals surface area contributed by atoms with Gasteiger partial charge in [-0.2, -0.15) is 0 Å². The highest BCUT2D eigenvalue weighted by Gasteiger charge is 2.17. The lowest BCUT2D eigenvalue weighted by Crippen LogP contribution is -2.28. The van der Waals surface area contributed by atoms with E-state index >= 15 is 0 Å². The number of benzene rings is 2. The number of hydrogen-bond acceptors (Lipinski definition) is 4. The molecule has 0 unspecified atom stereocenters. The van der Waals surface area contributed by atoms with Crippen molar-refractivity contribution in [1.29, 1.82) is 0 Å². The van der Waals surface area contributed by atoms with Crippen LogP contribution in [-0.2, 0) is 4.79 Å². The highest BCUT2D eigenvalue weighted by atomic mass is 79.9. The third-order valence-electron chi connectivity index (χ3n) is 3.51. The van der Waals surface area contributed by atoms with Gasteiger partial charge in [0.05, 0.1) is 4.92 Å². The molecule has 2 rings (SSSR count). The van der Waals surface area contributed by atoms with Crippen molar-refractivity contribution in [2.75, 3.05) is 11.9 Å². The van der Waals surface area contributed by atoms with Gasteiger partial charge in [0.15, 0.2) is 0 Å². The van der Waals surface area contributed by atoms with Crippen LogP contribution in [0.2, 0.25) is 0 Å². The van der Waals surface area contributed by atoms with E-state index in [1.807, 2.05) is 12.1 Å². The Hall–Kier alpha value is -2.74. The molecule has 0 radical (unpaired) electrons. The highest BCUT2D eigenvalue weighted by molar-refractivity contribution is 9.10. The Kier molecular flexibility index (Phi) is 6.24. The summed E-state index contributed by atoms with van der Waals surface area (Å²) in [6.45, 7) is 1.65. The first-order valence-corrected chi connectivity index (χ1v) is 8.25. The van der Waals surface area contributed by atoms with Crippen LogP contribution in [0.4, 0.5) is 11.4 Å². The first-order chi connectivity index (χ1) is 11.9. The van der Waals surface area contributed by atoms with Gasteiger partial charge in [0, 0.05) is 40.3 Å². The summed E-state index contributed by atoms with van der Waals surface area (Å²) in [7, 11) is 0. The first-order valence-electron chi connectivity index (χ1n) is 7.46. The van der Waals surface area contributed by atoms with Gasteiger partial charge in [0.1, 0.15) is 0 Å². The summed E-state index contributed by atoms with van der Waals surface area (Å²) >= 11 is 3.31. The summed E-state index contributed by atoms with van der Waals surface area (Å²) in [5.74, 6) is -0.684. The summed E-state index contributed by atoms with van der Waals surface area (Å²) in [4.78, 5) is 34.4. The van der Waals surface area contributed by atoms with E-state index in [0.29, 0.717) is 11.3 Å². The van der Waals surface area contributed by atoms with Crippen molar-refractivity contribution in [3.63, 3.8) is 0 Å². The number of hydrogen-bond donors (Lipinski definition) is 2. The number of rotatable bonds is 6. The molecule has 0 atom stereocenters. The molecule has 2 N–H and O–H groups in total. The van der Waals surface area contributed by atoms with Crippen molar-refractivity contribution in [3.8, 4) is 0 Å². The van der Waals surface area contributed by atoms with Crippen molar-refractivity contribution >= 4 is 39.1 Å². The molecule has 0 aliphatic carbocycles. The number of nitro groups is 1. The minimum atomic E-state index is -0.530. The largest absolute Gasteiger partial charge is 0.352 e. The maximum absolute atomic E-state index is 12.1. The van der Waals surface area contributed by atoms with E-state index in [1.165, 1.54) is 25.1 Å². The monoisotopic (exact) mass is 405 g/mol. The van der Waals surface area contributed by atoms with E-state index in [9.17, 15) is 19.7 Å². The number of halogens is 1. The highest BCUT2D eigenvalue weighted by Crippen LogP contribution is 2.20. The number of carbonyl (C=O) groups is 2. The quantitative estimate of drug-likeness (QED) is 0.567.